The summed E-state index contributed by atoms with van der Waals surface area (Å²) in [6, 6.07) is 8.46. The largest absolute Gasteiger partial charge is 0.491 e. The fourth-order valence-corrected chi connectivity index (χ4v) is 1.96. The van der Waals surface area contributed by atoms with Gasteiger partial charge in [-0.1, -0.05) is 12.1 Å². The maximum Gasteiger partial charge on any atom is 0.119 e. The number of benzene rings is 1. The third kappa shape index (κ3) is 7.19. The highest BCUT2D eigenvalue weighted by atomic mass is 16.5. The lowest BCUT2D eigenvalue weighted by atomic mass is 10.1. The summed E-state index contributed by atoms with van der Waals surface area (Å²) in [6.07, 6.45) is 2.54. The van der Waals surface area contributed by atoms with Crippen LogP contribution in [0.5, 0.6) is 5.75 Å². The van der Waals surface area contributed by atoms with Gasteiger partial charge in [0.25, 0.3) is 0 Å². The molecule has 0 atom stereocenters. The molecule has 1 rings (SSSR count). The molecule has 108 valence electrons. The molecule has 3 nitrogen and oxygen atoms in total. The van der Waals surface area contributed by atoms with Gasteiger partial charge >= 0.3 is 0 Å². The van der Waals surface area contributed by atoms with Gasteiger partial charge in [0.2, 0.25) is 0 Å². The fraction of sp³-hybridized carbons (Fsp3) is 0.625. The minimum Gasteiger partial charge on any atom is -0.491 e. The SMILES string of the molecule is CNCCCN(C)CCc1ccc(OC(C)C)cc1. The van der Waals surface area contributed by atoms with Gasteiger partial charge in [0.15, 0.2) is 0 Å². The van der Waals surface area contributed by atoms with Crippen LogP contribution in [-0.4, -0.2) is 44.7 Å². The minimum absolute atomic E-state index is 0.240. The highest BCUT2D eigenvalue weighted by Crippen LogP contribution is 2.14. The molecule has 0 fully saturated rings. The van der Waals surface area contributed by atoms with Crippen LogP contribution in [0.15, 0.2) is 24.3 Å². The molecule has 1 N–H and O–H groups in total. The Bertz CT molecular complexity index is 335. The van der Waals surface area contributed by atoms with Gasteiger partial charge < -0.3 is 15.0 Å². The maximum absolute atomic E-state index is 5.64. The van der Waals surface area contributed by atoms with E-state index in [1.165, 1.54) is 12.0 Å². The summed E-state index contributed by atoms with van der Waals surface area (Å²) < 4.78 is 5.64. The zero-order chi connectivity index (χ0) is 14.1. The molecule has 1 aromatic rings. The maximum atomic E-state index is 5.64. The first-order chi connectivity index (χ1) is 9.11. The van der Waals surface area contributed by atoms with Crippen molar-refractivity contribution in [1.82, 2.24) is 10.2 Å². The normalized spacial score (nSPS) is 11.3. The van der Waals surface area contributed by atoms with Crippen LogP contribution in [0.2, 0.25) is 0 Å². The lowest BCUT2D eigenvalue weighted by Crippen LogP contribution is -2.24. The monoisotopic (exact) mass is 264 g/mol. The Kier molecular flexibility index (Phi) is 7.53. The number of ether oxygens (including phenoxy) is 1. The first-order valence-corrected chi connectivity index (χ1v) is 7.20. The van der Waals surface area contributed by atoms with E-state index < -0.39 is 0 Å². The van der Waals surface area contributed by atoms with Gasteiger partial charge in [0.05, 0.1) is 6.10 Å². The van der Waals surface area contributed by atoms with Crippen LogP contribution in [-0.2, 0) is 6.42 Å². The van der Waals surface area contributed by atoms with Gasteiger partial charge in [0.1, 0.15) is 5.75 Å². The zero-order valence-electron chi connectivity index (χ0n) is 12.8. The Morgan fingerprint density at radius 2 is 1.84 bits per heavy atom. The summed E-state index contributed by atoms with van der Waals surface area (Å²) in [5, 5.41) is 3.18. The molecule has 0 saturated carbocycles. The van der Waals surface area contributed by atoms with Crippen molar-refractivity contribution in [3.63, 3.8) is 0 Å². The van der Waals surface area contributed by atoms with Crippen LogP contribution in [0.4, 0.5) is 0 Å². The average molecular weight is 264 g/mol. The second-order valence-electron chi connectivity index (χ2n) is 5.32. The van der Waals surface area contributed by atoms with Crippen molar-refractivity contribution in [3.05, 3.63) is 29.8 Å². The molecular formula is C16H28N2O. The van der Waals surface area contributed by atoms with E-state index >= 15 is 0 Å². The molecule has 3 heteroatoms. The molecule has 0 saturated heterocycles. The number of rotatable bonds is 9. The number of hydrogen-bond donors (Lipinski definition) is 1. The zero-order valence-corrected chi connectivity index (χ0v) is 12.8. The molecular weight excluding hydrogens is 236 g/mol. The minimum atomic E-state index is 0.240. The number of nitrogens with zero attached hydrogens (tertiary/aromatic N) is 1. The van der Waals surface area contributed by atoms with E-state index in [4.69, 9.17) is 4.74 Å². The molecule has 0 aliphatic rings. The smallest absolute Gasteiger partial charge is 0.119 e. The topological polar surface area (TPSA) is 24.5 Å². The molecule has 0 aromatic heterocycles. The average Bonchev–Trinajstić information content (AvgIpc) is 2.37. The molecule has 0 spiro atoms. The first kappa shape index (κ1) is 16.0. The van der Waals surface area contributed by atoms with E-state index in [1.54, 1.807) is 0 Å². The van der Waals surface area contributed by atoms with Crippen LogP contribution < -0.4 is 10.1 Å². The second-order valence-corrected chi connectivity index (χ2v) is 5.32. The Labute approximate surface area is 118 Å². The van der Waals surface area contributed by atoms with Gasteiger partial charge in [-0.05, 0) is 71.6 Å². The summed E-state index contributed by atoms with van der Waals surface area (Å²) in [7, 11) is 4.19. The van der Waals surface area contributed by atoms with Crippen LogP contribution in [0.1, 0.15) is 25.8 Å². The fourth-order valence-electron chi connectivity index (χ4n) is 1.96. The predicted octanol–water partition coefficient (Wildman–Crippen LogP) is 2.56. The Morgan fingerprint density at radius 1 is 1.16 bits per heavy atom. The third-order valence-corrected chi connectivity index (χ3v) is 3.04. The van der Waals surface area contributed by atoms with Crippen molar-refractivity contribution in [2.45, 2.75) is 32.8 Å². The highest BCUT2D eigenvalue weighted by Gasteiger charge is 2.01. The molecule has 0 unspecified atom stereocenters. The van der Waals surface area contributed by atoms with E-state index in [0.29, 0.717) is 0 Å². The van der Waals surface area contributed by atoms with Crippen molar-refractivity contribution in [2.75, 3.05) is 33.7 Å². The number of nitrogens with one attached hydrogen (secondary N) is 1. The highest BCUT2D eigenvalue weighted by molar-refractivity contribution is 5.27. The van der Waals surface area contributed by atoms with Gasteiger partial charge in [-0.25, -0.2) is 0 Å². The molecule has 0 aliphatic carbocycles. The molecule has 0 aliphatic heterocycles. The molecule has 0 bridgehead atoms. The third-order valence-electron chi connectivity index (χ3n) is 3.04. The standard InChI is InChI=1S/C16H28N2O/c1-14(2)19-16-8-6-15(7-9-16)10-13-18(4)12-5-11-17-3/h6-9,14,17H,5,10-13H2,1-4H3. The first-order valence-electron chi connectivity index (χ1n) is 7.20. The summed E-state index contributed by atoms with van der Waals surface area (Å²) >= 11 is 0. The molecule has 0 heterocycles. The number of likely N-dealkylation sites (N-methyl/N-ethyl adjacent to an activating group) is 1. The second kappa shape index (κ2) is 8.94. The van der Waals surface area contributed by atoms with Crippen LogP contribution in [0.25, 0.3) is 0 Å². The lowest BCUT2D eigenvalue weighted by molar-refractivity contribution is 0.242. The molecule has 0 amide bonds. The van der Waals surface area contributed by atoms with Gasteiger partial charge in [0, 0.05) is 6.54 Å². The summed E-state index contributed by atoms with van der Waals surface area (Å²) in [5.74, 6) is 0.959. The molecule has 19 heavy (non-hydrogen) atoms. The van der Waals surface area contributed by atoms with Crippen LogP contribution >= 0.6 is 0 Å². The predicted molar refractivity (Wildman–Crippen MR) is 82.0 cm³/mol. The van der Waals surface area contributed by atoms with Gasteiger partial charge in [-0.2, -0.15) is 0 Å². The van der Waals surface area contributed by atoms with E-state index in [9.17, 15) is 0 Å². The Hall–Kier alpha value is -1.06. The van der Waals surface area contributed by atoms with Crippen molar-refractivity contribution in [2.24, 2.45) is 0 Å². The van der Waals surface area contributed by atoms with Crippen molar-refractivity contribution >= 4 is 0 Å². The van der Waals surface area contributed by atoms with Crippen molar-refractivity contribution in [3.8, 4) is 5.75 Å². The van der Waals surface area contributed by atoms with E-state index in [1.807, 2.05) is 20.9 Å². The van der Waals surface area contributed by atoms with Gasteiger partial charge in [-0.15, -0.1) is 0 Å². The summed E-state index contributed by atoms with van der Waals surface area (Å²) in [5.41, 5.74) is 1.37. The Balaban J connectivity index is 2.29. The molecule has 0 radical (unpaired) electrons. The lowest BCUT2D eigenvalue weighted by Gasteiger charge is -2.16. The van der Waals surface area contributed by atoms with Crippen molar-refractivity contribution in [1.29, 1.82) is 0 Å². The Morgan fingerprint density at radius 3 is 2.42 bits per heavy atom. The van der Waals surface area contributed by atoms with Gasteiger partial charge in [-0.3, -0.25) is 0 Å². The van der Waals surface area contributed by atoms with Crippen molar-refractivity contribution < 1.29 is 4.74 Å². The van der Waals surface area contributed by atoms with E-state index in [-0.39, 0.29) is 6.10 Å². The summed E-state index contributed by atoms with van der Waals surface area (Å²) in [4.78, 5) is 2.38. The quantitative estimate of drug-likeness (QED) is 0.694. The van der Waals surface area contributed by atoms with E-state index in [0.717, 1.165) is 31.8 Å². The molecule has 1 aromatic carbocycles. The summed E-state index contributed by atoms with van der Waals surface area (Å²) in [6.45, 7) is 7.44. The number of hydrogen-bond acceptors (Lipinski definition) is 3. The van der Waals surface area contributed by atoms with Crippen LogP contribution in [0, 0.1) is 0 Å². The van der Waals surface area contributed by atoms with E-state index in [2.05, 4.69) is 41.5 Å². The van der Waals surface area contributed by atoms with Crippen LogP contribution in [0.3, 0.4) is 0 Å².